The SMILES string of the molecule is COCC[C@@H](C(=O)N(c1ccc(-c2ccccc2)cc1)c1cccc(C(N)=O)c1)N1CCOCC1. The highest BCUT2D eigenvalue weighted by Gasteiger charge is 2.32. The maximum absolute atomic E-state index is 14.2. The van der Waals surface area contributed by atoms with Gasteiger partial charge in [0.05, 0.1) is 19.3 Å². The van der Waals surface area contributed by atoms with Gasteiger partial charge in [-0.1, -0.05) is 48.5 Å². The van der Waals surface area contributed by atoms with Crippen LogP contribution in [0.25, 0.3) is 11.1 Å². The Bertz CT molecular complexity index is 1130. The predicted octanol–water partition coefficient (Wildman–Crippen LogP) is 3.85. The Hall–Kier alpha value is -3.52. The summed E-state index contributed by atoms with van der Waals surface area (Å²) >= 11 is 0. The first-order valence-electron chi connectivity index (χ1n) is 11.8. The lowest BCUT2D eigenvalue weighted by atomic mass is 10.0. The summed E-state index contributed by atoms with van der Waals surface area (Å²) in [4.78, 5) is 29.9. The van der Waals surface area contributed by atoms with E-state index in [1.54, 1.807) is 30.2 Å². The Morgan fingerprint density at radius 1 is 0.943 bits per heavy atom. The van der Waals surface area contributed by atoms with Crippen LogP contribution in [0.4, 0.5) is 11.4 Å². The van der Waals surface area contributed by atoms with Crippen molar-refractivity contribution in [2.45, 2.75) is 12.5 Å². The lowest BCUT2D eigenvalue weighted by molar-refractivity contribution is -0.125. The number of morpholine rings is 1. The van der Waals surface area contributed by atoms with E-state index >= 15 is 0 Å². The Morgan fingerprint density at radius 2 is 1.63 bits per heavy atom. The van der Waals surface area contributed by atoms with Crippen LogP contribution in [0.2, 0.25) is 0 Å². The van der Waals surface area contributed by atoms with Crippen molar-refractivity contribution in [3.63, 3.8) is 0 Å². The topological polar surface area (TPSA) is 85.1 Å². The van der Waals surface area contributed by atoms with Gasteiger partial charge in [0.2, 0.25) is 11.8 Å². The zero-order valence-electron chi connectivity index (χ0n) is 19.9. The van der Waals surface area contributed by atoms with Crippen molar-refractivity contribution in [2.75, 3.05) is 44.9 Å². The van der Waals surface area contributed by atoms with E-state index in [1.165, 1.54) is 0 Å². The Labute approximate surface area is 206 Å². The molecule has 1 atom stereocenters. The van der Waals surface area contributed by atoms with Gasteiger partial charge in [0, 0.05) is 43.7 Å². The molecular formula is C28H31N3O4. The number of ether oxygens (including phenoxy) is 2. The molecule has 182 valence electrons. The largest absolute Gasteiger partial charge is 0.385 e. The summed E-state index contributed by atoms with van der Waals surface area (Å²) in [5.41, 5.74) is 9.35. The first-order chi connectivity index (χ1) is 17.1. The number of carbonyl (C=O) groups is 2. The first kappa shape index (κ1) is 24.6. The third kappa shape index (κ3) is 5.95. The number of nitrogens with zero attached hydrogens (tertiary/aromatic N) is 2. The maximum atomic E-state index is 14.2. The van der Waals surface area contributed by atoms with E-state index in [2.05, 4.69) is 4.90 Å². The van der Waals surface area contributed by atoms with Gasteiger partial charge in [-0.25, -0.2) is 0 Å². The molecule has 0 bridgehead atoms. The van der Waals surface area contributed by atoms with Crippen molar-refractivity contribution < 1.29 is 19.1 Å². The molecule has 0 unspecified atom stereocenters. The zero-order chi connectivity index (χ0) is 24.6. The minimum atomic E-state index is -0.539. The third-order valence-electron chi connectivity index (χ3n) is 6.21. The van der Waals surface area contributed by atoms with Crippen LogP contribution in [-0.4, -0.2) is 62.8 Å². The summed E-state index contributed by atoms with van der Waals surface area (Å²) in [6.07, 6.45) is 0.545. The van der Waals surface area contributed by atoms with E-state index in [1.807, 2.05) is 60.7 Å². The Morgan fingerprint density at radius 3 is 2.29 bits per heavy atom. The van der Waals surface area contributed by atoms with Crippen LogP contribution in [-0.2, 0) is 14.3 Å². The summed E-state index contributed by atoms with van der Waals surface area (Å²) in [6, 6.07) is 24.4. The van der Waals surface area contributed by atoms with Gasteiger partial charge in [0.1, 0.15) is 0 Å². The number of nitrogens with two attached hydrogens (primary N) is 1. The van der Waals surface area contributed by atoms with E-state index in [4.69, 9.17) is 15.2 Å². The van der Waals surface area contributed by atoms with Crippen LogP contribution in [0.5, 0.6) is 0 Å². The average Bonchev–Trinajstić information content (AvgIpc) is 2.91. The highest BCUT2D eigenvalue weighted by molar-refractivity contribution is 6.05. The molecule has 2 amide bonds. The normalized spacial score (nSPS) is 14.9. The van der Waals surface area contributed by atoms with E-state index < -0.39 is 11.9 Å². The van der Waals surface area contributed by atoms with Crippen molar-refractivity contribution in [3.8, 4) is 11.1 Å². The second-order valence-electron chi connectivity index (χ2n) is 8.45. The van der Waals surface area contributed by atoms with Crippen LogP contribution in [0.1, 0.15) is 16.8 Å². The molecule has 3 aromatic rings. The Balaban J connectivity index is 1.74. The molecule has 0 aliphatic carbocycles. The second kappa shape index (κ2) is 11.8. The van der Waals surface area contributed by atoms with E-state index in [9.17, 15) is 9.59 Å². The summed E-state index contributed by atoms with van der Waals surface area (Å²) in [5, 5.41) is 0. The fraction of sp³-hybridized carbons (Fsp3) is 0.286. The highest BCUT2D eigenvalue weighted by Crippen LogP contribution is 2.31. The second-order valence-corrected chi connectivity index (χ2v) is 8.45. The standard InChI is InChI=1S/C28H31N3O4/c1-34-17-14-26(30-15-18-35-19-16-30)28(33)31(25-9-5-8-23(20-25)27(29)32)24-12-10-22(11-13-24)21-6-3-2-4-7-21/h2-13,20,26H,14-19H2,1H3,(H2,29,32)/t26-/m0/s1. The molecule has 7 nitrogen and oxygen atoms in total. The van der Waals surface area contributed by atoms with E-state index in [0.29, 0.717) is 56.3 Å². The van der Waals surface area contributed by atoms with E-state index in [0.717, 1.165) is 11.1 Å². The van der Waals surface area contributed by atoms with Crippen LogP contribution in [0, 0.1) is 0 Å². The minimum Gasteiger partial charge on any atom is -0.385 e. The molecule has 35 heavy (non-hydrogen) atoms. The summed E-state index contributed by atoms with van der Waals surface area (Å²) in [5.74, 6) is -0.624. The maximum Gasteiger partial charge on any atom is 0.248 e. The number of rotatable bonds is 9. The van der Waals surface area contributed by atoms with Gasteiger partial charge in [-0.2, -0.15) is 0 Å². The average molecular weight is 474 g/mol. The lowest BCUT2D eigenvalue weighted by Gasteiger charge is -2.36. The minimum absolute atomic E-state index is 0.0852. The van der Waals surface area contributed by atoms with Gasteiger partial charge in [-0.15, -0.1) is 0 Å². The fourth-order valence-electron chi connectivity index (χ4n) is 4.37. The first-order valence-corrected chi connectivity index (χ1v) is 11.8. The van der Waals surface area contributed by atoms with Gasteiger partial charge in [-0.05, 0) is 47.9 Å². The van der Waals surface area contributed by atoms with Gasteiger partial charge >= 0.3 is 0 Å². The molecule has 7 heteroatoms. The van der Waals surface area contributed by atoms with Crippen LogP contribution >= 0.6 is 0 Å². The molecule has 2 N–H and O–H groups in total. The summed E-state index contributed by atoms with van der Waals surface area (Å²) < 4.78 is 10.8. The van der Waals surface area contributed by atoms with Gasteiger partial charge < -0.3 is 15.2 Å². The number of benzene rings is 3. The number of hydrogen-bond acceptors (Lipinski definition) is 5. The van der Waals surface area contributed by atoms with Gasteiger partial charge in [0.25, 0.3) is 0 Å². The third-order valence-corrected chi connectivity index (χ3v) is 6.21. The number of hydrogen-bond donors (Lipinski definition) is 1. The number of primary amides is 1. The number of methoxy groups -OCH3 is 1. The molecule has 0 radical (unpaired) electrons. The van der Waals surface area contributed by atoms with Gasteiger partial charge in [-0.3, -0.25) is 19.4 Å². The molecule has 1 fully saturated rings. The molecule has 1 heterocycles. The zero-order valence-corrected chi connectivity index (χ0v) is 19.9. The molecule has 1 saturated heterocycles. The van der Waals surface area contributed by atoms with Crippen molar-refractivity contribution in [1.29, 1.82) is 0 Å². The smallest absolute Gasteiger partial charge is 0.248 e. The number of anilines is 2. The molecule has 0 aromatic heterocycles. The number of carbonyl (C=O) groups excluding carboxylic acids is 2. The molecule has 3 aromatic carbocycles. The van der Waals surface area contributed by atoms with Crippen LogP contribution in [0.15, 0.2) is 78.9 Å². The molecule has 0 spiro atoms. The van der Waals surface area contributed by atoms with E-state index in [-0.39, 0.29) is 5.91 Å². The molecule has 4 rings (SSSR count). The van der Waals surface area contributed by atoms with Crippen molar-refractivity contribution in [2.24, 2.45) is 5.73 Å². The molecule has 0 saturated carbocycles. The Kier molecular flexibility index (Phi) is 8.26. The quantitative estimate of drug-likeness (QED) is 0.510. The number of amides is 2. The lowest BCUT2D eigenvalue weighted by Crippen LogP contribution is -2.52. The van der Waals surface area contributed by atoms with Crippen molar-refractivity contribution >= 4 is 23.2 Å². The molecular weight excluding hydrogens is 442 g/mol. The summed E-state index contributed by atoms with van der Waals surface area (Å²) in [7, 11) is 1.64. The van der Waals surface area contributed by atoms with Crippen molar-refractivity contribution in [3.05, 3.63) is 84.4 Å². The van der Waals surface area contributed by atoms with Crippen molar-refractivity contribution in [1.82, 2.24) is 4.90 Å². The van der Waals surface area contributed by atoms with Crippen LogP contribution in [0.3, 0.4) is 0 Å². The van der Waals surface area contributed by atoms with Gasteiger partial charge in [0.15, 0.2) is 0 Å². The summed E-state index contributed by atoms with van der Waals surface area (Å²) in [6.45, 7) is 2.96. The predicted molar refractivity (Wildman–Crippen MR) is 137 cm³/mol. The molecule has 1 aliphatic heterocycles. The fourth-order valence-corrected chi connectivity index (χ4v) is 4.37. The van der Waals surface area contributed by atoms with Crippen LogP contribution < -0.4 is 10.6 Å². The molecule has 1 aliphatic rings. The monoisotopic (exact) mass is 473 g/mol. The highest BCUT2D eigenvalue weighted by atomic mass is 16.5.